The highest BCUT2D eigenvalue weighted by molar-refractivity contribution is 5.89. The van der Waals surface area contributed by atoms with Crippen LogP contribution in [-0.4, -0.2) is 22.1 Å². The van der Waals surface area contributed by atoms with E-state index in [0.717, 1.165) is 57.2 Å². The molecule has 0 spiro atoms. The van der Waals surface area contributed by atoms with Crippen LogP contribution in [0.4, 0.5) is 0 Å². The highest BCUT2D eigenvalue weighted by atomic mass is 16.5. The smallest absolute Gasteiger partial charge is 0.310 e. The summed E-state index contributed by atoms with van der Waals surface area (Å²) in [6, 6.07) is 18.7. The van der Waals surface area contributed by atoms with Crippen LogP contribution in [0.15, 0.2) is 84.0 Å². The third-order valence-corrected chi connectivity index (χ3v) is 6.93. The number of ether oxygens (including phenoxy) is 2. The Balaban J connectivity index is 1.49. The van der Waals surface area contributed by atoms with Crippen molar-refractivity contribution in [1.82, 2.24) is 9.55 Å². The van der Waals surface area contributed by atoms with Gasteiger partial charge in [-0.2, -0.15) is 0 Å². The first-order valence-electron chi connectivity index (χ1n) is 13.8. The molecule has 0 aliphatic carbocycles. The molecule has 0 amide bonds. The SMILES string of the molecule is CCCc1ccc(OCc2coc3c(Cn4ccnc4)cc(-c4cccc(CN)c4)cc23)c(CC(=O)OCC)c1. The van der Waals surface area contributed by atoms with Crippen molar-refractivity contribution >= 4 is 16.9 Å². The Kier molecular flexibility index (Phi) is 8.62. The highest BCUT2D eigenvalue weighted by Crippen LogP contribution is 2.33. The van der Waals surface area contributed by atoms with Crippen molar-refractivity contribution in [2.75, 3.05) is 6.61 Å². The number of rotatable bonds is 12. The van der Waals surface area contributed by atoms with Crippen molar-refractivity contribution < 1.29 is 18.7 Å². The Morgan fingerprint density at radius 3 is 2.67 bits per heavy atom. The van der Waals surface area contributed by atoms with Crippen LogP contribution in [0, 0.1) is 0 Å². The number of nitrogens with zero attached hydrogens (tertiary/aromatic N) is 2. The molecule has 7 heteroatoms. The monoisotopic (exact) mass is 537 g/mol. The van der Waals surface area contributed by atoms with Crippen LogP contribution in [0.1, 0.15) is 48.1 Å². The summed E-state index contributed by atoms with van der Waals surface area (Å²) in [4.78, 5) is 16.5. The molecular weight excluding hydrogens is 502 g/mol. The molecule has 2 heterocycles. The van der Waals surface area contributed by atoms with Gasteiger partial charge in [0, 0.05) is 41.0 Å². The van der Waals surface area contributed by atoms with E-state index in [1.807, 2.05) is 35.9 Å². The van der Waals surface area contributed by atoms with Crippen LogP contribution in [0.25, 0.3) is 22.1 Å². The predicted octanol–water partition coefficient (Wildman–Crippen LogP) is 6.44. The van der Waals surface area contributed by atoms with E-state index >= 15 is 0 Å². The zero-order chi connectivity index (χ0) is 27.9. The van der Waals surface area contributed by atoms with Gasteiger partial charge in [-0.15, -0.1) is 0 Å². The first-order valence-corrected chi connectivity index (χ1v) is 13.8. The van der Waals surface area contributed by atoms with Gasteiger partial charge >= 0.3 is 5.97 Å². The molecule has 5 rings (SSSR count). The molecule has 2 N–H and O–H groups in total. The van der Waals surface area contributed by atoms with Crippen molar-refractivity contribution in [2.45, 2.75) is 52.8 Å². The summed E-state index contributed by atoms with van der Waals surface area (Å²) in [5.41, 5.74) is 14.0. The fourth-order valence-electron chi connectivity index (χ4n) is 4.99. The summed E-state index contributed by atoms with van der Waals surface area (Å²) >= 11 is 0. The number of esters is 1. The number of imidazole rings is 1. The molecule has 0 radical (unpaired) electrons. The average molecular weight is 538 g/mol. The van der Waals surface area contributed by atoms with E-state index in [-0.39, 0.29) is 12.4 Å². The van der Waals surface area contributed by atoms with Gasteiger partial charge in [0.25, 0.3) is 0 Å². The third-order valence-electron chi connectivity index (χ3n) is 6.93. The van der Waals surface area contributed by atoms with Gasteiger partial charge in [0.05, 0.1) is 32.2 Å². The van der Waals surface area contributed by atoms with Crippen molar-refractivity contribution in [3.63, 3.8) is 0 Å². The average Bonchev–Trinajstić information content (AvgIpc) is 3.63. The Morgan fingerprint density at radius 1 is 1.00 bits per heavy atom. The van der Waals surface area contributed by atoms with Crippen molar-refractivity contribution in [2.24, 2.45) is 5.73 Å². The van der Waals surface area contributed by atoms with Crippen molar-refractivity contribution in [3.05, 3.63) is 107 Å². The van der Waals surface area contributed by atoms with Crippen LogP contribution in [0.5, 0.6) is 5.75 Å². The van der Waals surface area contributed by atoms with E-state index in [4.69, 9.17) is 19.6 Å². The quantitative estimate of drug-likeness (QED) is 0.184. The van der Waals surface area contributed by atoms with Gasteiger partial charge in [-0.1, -0.05) is 43.7 Å². The number of fused-ring (bicyclic) bond motifs is 1. The molecule has 40 heavy (non-hydrogen) atoms. The van der Waals surface area contributed by atoms with Gasteiger partial charge in [0.2, 0.25) is 0 Å². The number of hydrogen-bond donors (Lipinski definition) is 1. The minimum absolute atomic E-state index is 0.170. The second kappa shape index (κ2) is 12.7. The molecule has 0 saturated carbocycles. The third kappa shape index (κ3) is 6.26. The molecule has 0 aliphatic rings. The van der Waals surface area contributed by atoms with E-state index in [9.17, 15) is 4.79 Å². The lowest BCUT2D eigenvalue weighted by Crippen LogP contribution is -2.09. The van der Waals surface area contributed by atoms with Gasteiger partial charge in [0.15, 0.2) is 0 Å². The number of furan rings is 1. The summed E-state index contributed by atoms with van der Waals surface area (Å²) in [5.74, 6) is 0.413. The van der Waals surface area contributed by atoms with Crippen molar-refractivity contribution in [3.8, 4) is 16.9 Å². The largest absolute Gasteiger partial charge is 0.488 e. The molecule has 0 atom stereocenters. The first kappa shape index (κ1) is 27.2. The number of hydrogen-bond acceptors (Lipinski definition) is 6. The summed E-state index contributed by atoms with van der Waals surface area (Å²) in [5, 5.41) is 0.986. The lowest BCUT2D eigenvalue weighted by molar-refractivity contribution is -0.142. The standard InChI is InChI=1S/C33H35N3O4/c1-3-6-23-9-10-31(27(13-23)17-32(37)38-4-2)39-20-29-21-40-33-28(19-36-12-11-35-22-36)15-26(16-30(29)33)25-8-5-7-24(14-25)18-34/h5,7-16,21-22H,3-4,6,17-20,34H2,1-2H3. The maximum absolute atomic E-state index is 12.3. The van der Waals surface area contributed by atoms with E-state index in [1.165, 1.54) is 5.56 Å². The maximum atomic E-state index is 12.3. The van der Waals surface area contributed by atoms with Gasteiger partial charge in [0.1, 0.15) is 17.9 Å². The van der Waals surface area contributed by atoms with E-state index in [2.05, 4.69) is 48.3 Å². The minimum atomic E-state index is -0.261. The van der Waals surface area contributed by atoms with Gasteiger partial charge in [-0.05, 0) is 59.9 Å². The minimum Gasteiger partial charge on any atom is -0.488 e. The van der Waals surface area contributed by atoms with E-state index in [1.54, 1.807) is 18.8 Å². The maximum Gasteiger partial charge on any atom is 0.310 e. The highest BCUT2D eigenvalue weighted by Gasteiger charge is 2.16. The normalized spacial score (nSPS) is 11.2. The Labute approximate surface area is 234 Å². The van der Waals surface area contributed by atoms with Crippen LogP contribution < -0.4 is 10.5 Å². The lowest BCUT2D eigenvalue weighted by Gasteiger charge is -2.13. The molecule has 206 valence electrons. The zero-order valence-electron chi connectivity index (χ0n) is 23.1. The summed E-state index contributed by atoms with van der Waals surface area (Å²) in [6.07, 6.45) is 9.41. The van der Waals surface area contributed by atoms with Crippen LogP contribution >= 0.6 is 0 Å². The number of aromatic nitrogens is 2. The molecular formula is C33H35N3O4. The van der Waals surface area contributed by atoms with Gasteiger partial charge < -0.3 is 24.2 Å². The second-order valence-corrected chi connectivity index (χ2v) is 9.88. The molecule has 3 aromatic carbocycles. The Hall–Kier alpha value is -4.36. The summed E-state index contributed by atoms with van der Waals surface area (Å²) in [6.45, 7) is 5.70. The van der Waals surface area contributed by atoms with Gasteiger partial charge in [-0.3, -0.25) is 4.79 Å². The molecule has 0 unspecified atom stereocenters. The fraction of sp³-hybridized carbons (Fsp3) is 0.273. The molecule has 0 bridgehead atoms. The number of benzene rings is 3. The number of nitrogens with two attached hydrogens (primary N) is 1. The topological polar surface area (TPSA) is 92.5 Å². The summed E-state index contributed by atoms with van der Waals surface area (Å²) in [7, 11) is 0. The fourth-order valence-corrected chi connectivity index (χ4v) is 4.99. The first-order chi connectivity index (χ1) is 19.6. The van der Waals surface area contributed by atoms with E-state index < -0.39 is 0 Å². The molecule has 2 aromatic heterocycles. The van der Waals surface area contributed by atoms with Crippen LogP contribution in [-0.2, 0) is 42.1 Å². The van der Waals surface area contributed by atoms with Crippen LogP contribution in [0.3, 0.4) is 0 Å². The Morgan fingerprint density at radius 2 is 1.90 bits per heavy atom. The van der Waals surface area contributed by atoms with Crippen molar-refractivity contribution in [1.29, 1.82) is 0 Å². The molecule has 7 nitrogen and oxygen atoms in total. The number of aryl methyl sites for hydroxylation is 1. The number of carbonyl (C=O) groups is 1. The summed E-state index contributed by atoms with van der Waals surface area (Å²) < 4.78 is 19.7. The molecule has 0 fully saturated rings. The lowest BCUT2D eigenvalue weighted by atomic mass is 9.97. The molecule has 5 aromatic rings. The van der Waals surface area contributed by atoms with Gasteiger partial charge in [-0.25, -0.2) is 4.98 Å². The zero-order valence-corrected chi connectivity index (χ0v) is 23.1. The van der Waals surface area contributed by atoms with Crippen LogP contribution in [0.2, 0.25) is 0 Å². The Bertz CT molecular complexity index is 1590. The predicted molar refractivity (Wildman–Crippen MR) is 156 cm³/mol. The van der Waals surface area contributed by atoms with E-state index in [0.29, 0.717) is 32.1 Å². The molecule has 0 aliphatic heterocycles. The second-order valence-electron chi connectivity index (χ2n) is 9.88. The molecule has 0 saturated heterocycles. The number of carbonyl (C=O) groups excluding carboxylic acids is 1.